The van der Waals surface area contributed by atoms with E-state index in [1.807, 2.05) is 0 Å². The Labute approximate surface area is 74.1 Å². The minimum absolute atomic E-state index is 0.301. The normalized spacial score (nSPS) is 14.2. The molecule has 12 heavy (non-hydrogen) atoms. The van der Waals surface area contributed by atoms with Crippen LogP contribution in [0.25, 0.3) is 0 Å². The molecule has 0 radical (unpaired) electrons. The van der Waals surface area contributed by atoms with Gasteiger partial charge in [-0.05, 0) is 6.07 Å². The SMILES string of the molecule is Nc1c(Cl)ccc2c1C(=O)OC2. The summed E-state index contributed by atoms with van der Waals surface area (Å²) in [6.45, 7) is 0.301. The van der Waals surface area contributed by atoms with E-state index >= 15 is 0 Å². The van der Waals surface area contributed by atoms with Gasteiger partial charge in [0.1, 0.15) is 6.61 Å². The number of esters is 1. The molecule has 0 unspecified atom stereocenters. The standard InChI is InChI=1S/C8H6ClNO2/c9-5-2-1-4-3-12-8(11)6(4)7(5)10/h1-2H,3,10H2. The molecule has 1 aliphatic heterocycles. The molecule has 0 atom stereocenters. The van der Waals surface area contributed by atoms with Crippen molar-refractivity contribution in [3.8, 4) is 0 Å². The van der Waals surface area contributed by atoms with E-state index in [4.69, 9.17) is 22.1 Å². The molecule has 1 aliphatic rings. The predicted octanol–water partition coefficient (Wildman–Crippen LogP) is 1.59. The van der Waals surface area contributed by atoms with Gasteiger partial charge < -0.3 is 10.5 Å². The van der Waals surface area contributed by atoms with Gasteiger partial charge in [0, 0.05) is 5.56 Å². The molecule has 1 aromatic carbocycles. The van der Waals surface area contributed by atoms with Crippen molar-refractivity contribution in [3.05, 3.63) is 28.3 Å². The van der Waals surface area contributed by atoms with Crippen LogP contribution in [0.1, 0.15) is 15.9 Å². The average molecular weight is 184 g/mol. The molecule has 4 heteroatoms. The first kappa shape index (κ1) is 7.43. The highest BCUT2D eigenvalue weighted by Gasteiger charge is 2.24. The van der Waals surface area contributed by atoms with Crippen molar-refractivity contribution < 1.29 is 9.53 Å². The van der Waals surface area contributed by atoms with Crippen molar-refractivity contribution >= 4 is 23.3 Å². The van der Waals surface area contributed by atoms with Crippen LogP contribution < -0.4 is 5.73 Å². The number of hydrogen-bond donors (Lipinski definition) is 1. The third-order valence-electron chi connectivity index (χ3n) is 1.84. The first-order chi connectivity index (χ1) is 5.70. The molecule has 0 bridgehead atoms. The van der Waals surface area contributed by atoms with Crippen LogP contribution in [0.5, 0.6) is 0 Å². The lowest BCUT2D eigenvalue weighted by atomic mass is 10.1. The second-order valence-electron chi connectivity index (χ2n) is 2.57. The van der Waals surface area contributed by atoms with Crippen molar-refractivity contribution in [3.63, 3.8) is 0 Å². The Morgan fingerprint density at radius 1 is 1.50 bits per heavy atom. The first-order valence-corrected chi connectivity index (χ1v) is 3.82. The number of anilines is 1. The molecule has 0 saturated carbocycles. The summed E-state index contributed by atoms with van der Waals surface area (Å²) in [5, 5.41) is 0.396. The van der Waals surface area contributed by atoms with Crippen molar-refractivity contribution in [2.75, 3.05) is 5.73 Å². The summed E-state index contributed by atoms with van der Waals surface area (Å²) < 4.78 is 4.78. The number of carbonyl (C=O) groups is 1. The summed E-state index contributed by atoms with van der Waals surface area (Å²) in [6.07, 6.45) is 0. The number of halogens is 1. The first-order valence-electron chi connectivity index (χ1n) is 3.44. The van der Waals surface area contributed by atoms with Crippen LogP contribution in [0.4, 0.5) is 5.69 Å². The van der Waals surface area contributed by atoms with Gasteiger partial charge in [0.15, 0.2) is 0 Å². The Morgan fingerprint density at radius 3 is 3.00 bits per heavy atom. The molecule has 62 valence electrons. The molecule has 0 amide bonds. The number of fused-ring (bicyclic) bond motifs is 1. The maximum Gasteiger partial charge on any atom is 0.341 e. The molecule has 0 saturated heterocycles. The van der Waals surface area contributed by atoms with Gasteiger partial charge in [-0.1, -0.05) is 17.7 Å². The number of hydrogen-bond acceptors (Lipinski definition) is 3. The highest BCUT2D eigenvalue weighted by Crippen LogP contribution is 2.30. The van der Waals surface area contributed by atoms with Crippen LogP contribution in [0.3, 0.4) is 0 Å². The summed E-state index contributed by atoms with van der Waals surface area (Å²) in [4.78, 5) is 11.1. The quantitative estimate of drug-likeness (QED) is 0.491. The van der Waals surface area contributed by atoms with Gasteiger partial charge in [-0.25, -0.2) is 4.79 Å². The highest BCUT2D eigenvalue weighted by atomic mass is 35.5. The van der Waals surface area contributed by atoms with E-state index in [0.717, 1.165) is 5.56 Å². The van der Waals surface area contributed by atoms with Crippen LogP contribution in [0.2, 0.25) is 5.02 Å². The topological polar surface area (TPSA) is 52.3 Å². The van der Waals surface area contributed by atoms with Crippen molar-refractivity contribution in [2.45, 2.75) is 6.61 Å². The minimum Gasteiger partial charge on any atom is -0.457 e. The van der Waals surface area contributed by atoms with Crippen LogP contribution in [-0.4, -0.2) is 5.97 Å². The second-order valence-corrected chi connectivity index (χ2v) is 2.98. The molecule has 0 fully saturated rings. The molecule has 1 heterocycles. The zero-order chi connectivity index (χ0) is 8.72. The fourth-order valence-electron chi connectivity index (χ4n) is 1.22. The monoisotopic (exact) mass is 183 g/mol. The van der Waals surface area contributed by atoms with Crippen LogP contribution in [0.15, 0.2) is 12.1 Å². The van der Waals surface area contributed by atoms with Gasteiger partial charge in [0.05, 0.1) is 16.3 Å². The van der Waals surface area contributed by atoms with Crippen molar-refractivity contribution in [2.24, 2.45) is 0 Å². The fraction of sp³-hybridized carbons (Fsp3) is 0.125. The summed E-state index contributed by atoms with van der Waals surface area (Å²) in [6, 6.07) is 3.41. The summed E-state index contributed by atoms with van der Waals surface area (Å²) >= 11 is 5.72. The number of carbonyl (C=O) groups excluding carboxylic acids is 1. The zero-order valence-corrected chi connectivity index (χ0v) is 6.89. The number of cyclic esters (lactones) is 1. The Morgan fingerprint density at radius 2 is 2.25 bits per heavy atom. The van der Waals surface area contributed by atoms with Gasteiger partial charge in [-0.3, -0.25) is 0 Å². The summed E-state index contributed by atoms with van der Waals surface area (Å²) in [5.41, 5.74) is 7.13. The molecule has 2 N–H and O–H groups in total. The maximum absolute atomic E-state index is 11.1. The number of nitrogen functional groups attached to an aromatic ring is 1. The Hall–Kier alpha value is -1.22. The molecule has 3 nitrogen and oxygen atoms in total. The molecule has 1 aromatic rings. The second kappa shape index (κ2) is 2.38. The molecular weight excluding hydrogens is 178 g/mol. The van der Waals surface area contributed by atoms with Gasteiger partial charge in [0.25, 0.3) is 0 Å². The Balaban J connectivity index is 2.71. The largest absolute Gasteiger partial charge is 0.457 e. The molecular formula is C8H6ClNO2. The average Bonchev–Trinajstić information content (AvgIpc) is 2.41. The number of benzene rings is 1. The summed E-state index contributed by atoms with van der Waals surface area (Å²) in [5.74, 6) is -0.384. The summed E-state index contributed by atoms with van der Waals surface area (Å²) in [7, 11) is 0. The van der Waals surface area contributed by atoms with E-state index < -0.39 is 0 Å². The Bertz CT molecular complexity index is 362. The van der Waals surface area contributed by atoms with Gasteiger partial charge in [-0.2, -0.15) is 0 Å². The molecule has 2 rings (SSSR count). The Kier molecular flexibility index (Phi) is 1.48. The van der Waals surface area contributed by atoms with E-state index in [9.17, 15) is 4.79 Å². The number of nitrogens with two attached hydrogens (primary N) is 1. The van der Waals surface area contributed by atoms with E-state index in [1.54, 1.807) is 12.1 Å². The minimum atomic E-state index is -0.384. The lowest BCUT2D eigenvalue weighted by Crippen LogP contribution is -2.00. The van der Waals surface area contributed by atoms with E-state index in [0.29, 0.717) is 22.9 Å². The van der Waals surface area contributed by atoms with Crippen LogP contribution >= 0.6 is 11.6 Å². The fourth-order valence-corrected chi connectivity index (χ4v) is 1.37. The molecule has 0 aliphatic carbocycles. The third-order valence-corrected chi connectivity index (χ3v) is 2.17. The van der Waals surface area contributed by atoms with E-state index in [-0.39, 0.29) is 5.97 Å². The van der Waals surface area contributed by atoms with Gasteiger partial charge >= 0.3 is 5.97 Å². The third kappa shape index (κ3) is 0.865. The van der Waals surface area contributed by atoms with Crippen LogP contribution in [-0.2, 0) is 11.3 Å². The smallest absolute Gasteiger partial charge is 0.341 e. The molecule has 0 spiro atoms. The predicted molar refractivity (Wildman–Crippen MR) is 45.0 cm³/mol. The number of rotatable bonds is 0. The highest BCUT2D eigenvalue weighted by molar-refractivity contribution is 6.34. The maximum atomic E-state index is 11.1. The number of ether oxygens (including phenoxy) is 1. The van der Waals surface area contributed by atoms with Crippen molar-refractivity contribution in [1.82, 2.24) is 0 Å². The zero-order valence-electron chi connectivity index (χ0n) is 6.13. The molecule has 0 aromatic heterocycles. The lowest BCUT2D eigenvalue weighted by Gasteiger charge is -2.00. The lowest BCUT2D eigenvalue weighted by molar-refractivity contribution is 0.0536. The van der Waals surface area contributed by atoms with Gasteiger partial charge in [0.2, 0.25) is 0 Å². The van der Waals surface area contributed by atoms with Gasteiger partial charge in [-0.15, -0.1) is 0 Å². The van der Waals surface area contributed by atoms with Crippen molar-refractivity contribution in [1.29, 1.82) is 0 Å². The van der Waals surface area contributed by atoms with Crippen LogP contribution in [0, 0.1) is 0 Å². The van der Waals surface area contributed by atoms with E-state index in [1.165, 1.54) is 0 Å². The van der Waals surface area contributed by atoms with E-state index in [2.05, 4.69) is 0 Å².